The maximum atomic E-state index is 12.1. The van der Waals surface area contributed by atoms with Crippen molar-refractivity contribution in [2.75, 3.05) is 13.2 Å². The molecule has 0 spiro atoms. The van der Waals surface area contributed by atoms with Gasteiger partial charge in [-0.1, -0.05) is 6.92 Å². The lowest BCUT2D eigenvalue weighted by atomic mass is 9.91. The molecule has 3 aliphatic rings. The average molecular weight is 432 g/mol. The van der Waals surface area contributed by atoms with Gasteiger partial charge in [-0.05, 0) is 33.1 Å². The summed E-state index contributed by atoms with van der Waals surface area (Å²) in [4.78, 5) is 35.6. The molecule has 164 valence electrons. The number of fused-ring (bicyclic) bond motifs is 1. The molecule has 0 aromatic carbocycles. The minimum atomic E-state index is -3.56. The molecule has 3 rings (SSSR count). The average Bonchev–Trinajstić information content (AvgIpc) is 3.27. The molecule has 2 bridgehead atoms. The van der Waals surface area contributed by atoms with E-state index < -0.39 is 44.9 Å². The molecule has 0 aromatic heterocycles. The van der Waals surface area contributed by atoms with E-state index in [1.54, 1.807) is 13.8 Å². The molecule has 1 saturated heterocycles. The standard InChI is InChI=1S/C19H28O9S/c1-4-19(2,3)18(22)26-8-7-25-14(20)5-6-15(21)27-16-11-9-12-13(10-11)29(23,24)28-17(12)16/h11-13,16-17H,4-10H2,1-3H3. The fourth-order valence-electron chi connectivity index (χ4n) is 4.16. The topological polar surface area (TPSA) is 122 Å². The maximum Gasteiger partial charge on any atom is 0.311 e. The van der Waals surface area contributed by atoms with E-state index >= 15 is 0 Å². The van der Waals surface area contributed by atoms with Crippen LogP contribution in [0.25, 0.3) is 0 Å². The summed E-state index contributed by atoms with van der Waals surface area (Å²) in [6.07, 6.45) is 0.271. The van der Waals surface area contributed by atoms with Crippen LogP contribution in [0.3, 0.4) is 0 Å². The Kier molecular flexibility index (Phi) is 6.24. The van der Waals surface area contributed by atoms with E-state index in [9.17, 15) is 22.8 Å². The molecule has 9 nitrogen and oxygen atoms in total. The highest BCUT2D eigenvalue weighted by atomic mass is 32.2. The fourth-order valence-corrected chi connectivity index (χ4v) is 6.04. The molecule has 1 heterocycles. The van der Waals surface area contributed by atoms with Gasteiger partial charge in [-0.15, -0.1) is 0 Å². The van der Waals surface area contributed by atoms with Crippen molar-refractivity contribution in [1.82, 2.24) is 0 Å². The first-order valence-corrected chi connectivity index (χ1v) is 11.5. The molecule has 0 aromatic rings. The van der Waals surface area contributed by atoms with Gasteiger partial charge < -0.3 is 14.2 Å². The van der Waals surface area contributed by atoms with Crippen LogP contribution in [0.1, 0.15) is 52.9 Å². The largest absolute Gasteiger partial charge is 0.462 e. The summed E-state index contributed by atoms with van der Waals surface area (Å²) in [5, 5.41) is -0.473. The molecular formula is C19H28O9S. The monoisotopic (exact) mass is 432 g/mol. The number of carbonyl (C=O) groups excluding carboxylic acids is 3. The van der Waals surface area contributed by atoms with Gasteiger partial charge in [-0.2, -0.15) is 8.42 Å². The smallest absolute Gasteiger partial charge is 0.311 e. The molecule has 0 amide bonds. The number of hydrogen-bond acceptors (Lipinski definition) is 9. The summed E-state index contributed by atoms with van der Waals surface area (Å²) in [5.41, 5.74) is -0.587. The third-order valence-electron chi connectivity index (χ3n) is 6.23. The van der Waals surface area contributed by atoms with Crippen LogP contribution in [0, 0.1) is 17.3 Å². The molecular weight excluding hydrogens is 404 g/mol. The predicted octanol–water partition coefficient (Wildman–Crippen LogP) is 1.34. The van der Waals surface area contributed by atoms with Gasteiger partial charge in [0, 0.05) is 11.8 Å². The number of esters is 3. The second kappa shape index (κ2) is 8.22. The van der Waals surface area contributed by atoms with Crippen LogP contribution in [0.4, 0.5) is 0 Å². The van der Waals surface area contributed by atoms with E-state index in [1.165, 1.54) is 0 Å². The minimum absolute atomic E-state index is 0.00904. The van der Waals surface area contributed by atoms with Gasteiger partial charge >= 0.3 is 17.9 Å². The molecule has 5 atom stereocenters. The van der Waals surface area contributed by atoms with E-state index in [4.69, 9.17) is 18.4 Å². The molecule has 10 heteroatoms. The highest BCUT2D eigenvalue weighted by molar-refractivity contribution is 7.87. The minimum Gasteiger partial charge on any atom is -0.462 e. The summed E-state index contributed by atoms with van der Waals surface area (Å²) < 4.78 is 44.4. The maximum absolute atomic E-state index is 12.1. The summed E-state index contributed by atoms with van der Waals surface area (Å²) in [7, 11) is -3.56. The van der Waals surface area contributed by atoms with Gasteiger partial charge in [-0.25, -0.2) is 0 Å². The van der Waals surface area contributed by atoms with Crippen molar-refractivity contribution < 1.29 is 41.2 Å². The fraction of sp³-hybridized carbons (Fsp3) is 0.842. The Balaban J connectivity index is 1.33. The van der Waals surface area contributed by atoms with Crippen LogP contribution in [0.15, 0.2) is 0 Å². The number of rotatable bonds is 9. The van der Waals surface area contributed by atoms with Crippen LogP contribution in [0.2, 0.25) is 0 Å². The van der Waals surface area contributed by atoms with Crippen LogP contribution in [-0.4, -0.2) is 57.0 Å². The first-order chi connectivity index (χ1) is 13.5. The number of carbonyl (C=O) groups is 3. The highest BCUT2D eigenvalue weighted by Crippen LogP contribution is 2.55. The molecule has 0 radical (unpaired) electrons. The van der Waals surface area contributed by atoms with Crippen LogP contribution in [0.5, 0.6) is 0 Å². The third-order valence-corrected chi connectivity index (χ3v) is 8.00. The van der Waals surface area contributed by atoms with E-state index in [0.717, 1.165) is 0 Å². The Morgan fingerprint density at radius 3 is 2.38 bits per heavy atom. The lowest BCUT2D eigenvalue weighted by molar-refractivity contribution is -0.161. The third kappa shape index (κ3) is 4.58. The lowest BCUT2D eigenvalue weighted by Crippen LogP contribution is -2.37. The zero-order valence-electron chi connectivity index (χ0n) is 16.9. The van der Waals surface area contributed by atoms with Crippen LogP contribution >= 0.6 is 0 Å². The molecule has 5 unspecified atom stereocenters. The quantitative estimate of drug-likeness (QED) is 0.230. The Hall–Kier alpha value is -1.68. The van der Waals surface area contributed by atoms with Gasteiger partial charge in [0.1, 0.15) is 25.4 Å². The Labute approximate surface area is 170 Å². The highest BCUT2D eigenvalue weighted by Gasteiger charge is 2.65. The lowest BCUT2D eigenvalue weighted by Gasteiger charge is -2.24. The van der Waals surface area contributed by atoms with Crippen molar-refractivity contribution in [2.45, 2.75) is 70.3 Å². The first kappa shape index (κ1) is 22.0. The van der Waals surface area contributed by atoms with Gasteiger partial charge in [0.15, 0.2) is 0 Å². The van der Waals surface area contributed by atoms with Crippen molar-refractivity contribution in [1.29, 1.82) is 0 Å². The van der Waals surface area contributed by atoms with Crippen molar-refractivity contribution in [2.24, 2.45) is 17.3 Å². The van der Waals surface area contributed by atoms with Gasteiger partial charge in [0.25, 0.3) is 10.1 Å². The van der Waals surface area contributed by atoms with Crippen molar-refractivity contribution in [3.8, 4) is 0 Å². The molecule has 2 saturated carbocycles. The number of hydrogen-bond donors (Lipinski definition) is 0. The number of ether oxygens (including phenoxy) is 3. The van der Waals surface area contributed by atoms with Crippen LogP contribution in [-0.2, 0) is 42.9 Å². The Morgan fingerprint density at radius 2 is 1.69 bits per heavy atom. The zero-order chi connectivity index (χ0) is 21.4. The molecule has 1 aliphatic heterocycles. The van der Waals surface area contributed by atoms with E-state index in [1.807, 2.05) is 6.92 Å². The molecule has 0 N–H and O–H groups in total. The van der Waals surface area contributed by atoms with E-state index in [0.29, 0.717) is 19.3 Å². The molecule has 29 heavy (non-hydrogen) atoms. The van der Waals surface area contributed by atoms with Crippen molar-refractivity contribution >= 4 is 28.0 Å². The van der Waals surface area contributed by atoms with Gasteiger partial charge in [-0.3, -0.25) is 18.6 Å². The second-order valence-corrected chi connectivity index (χ2v) is 10.3. The molecule has 3 fully saturated rings. The van der Waals surface area contributed by atoms with Crippen LogP contribution < -0.4 is 0 Å². The zero-order valence-corrected chi connectivity index (χ0v) is 17.7. The SMILES string of the molecule is CCC(C)(C)C(=O)OCCOC(=O)CCC(=O)OC1C2CC3C1OS(=O)(=O)C3C2. The predicted molar refractivity (Wildman–Crippen MR) is 98.9 cm³/mol. The summed E-state index contributed by atoms with van der Waals surface area (Å²) in [6, 6.07) is 0. The summed E-state index contributed by atoms with van der Waals surface area (Å²) in [5.74, 6) is -1.65. The summed E-state index contributed by atoms with van der Waals surface area (Å²) >= 11 is 0. The first-order valence-electron chi connectivity index (χ1n) is 9.99. The van der Waals surface area contributed by atoms with Crippen molar-refractivity contribution in [3.63, 3.8) is 0 Å². The van der Waals surface area contributed by atoms with E-state index in [2.05, 4.69) is 0 Å². The van der Waals surface area contributed by atoms with Gasteiger partial charge in [0.2, 0.25) is 0 Å². The Bertz CT molecular complexity index is 773. The normalized spacial score (nSPS) is 31.5. The van der Waals surface area contributed by atoms with Crippen molar-refractivity contribution in [3.05, 3.63) is 0 Å². The molecule has 2 aliphatic carbocycles. The summed E-state index contributed by atoms with van der Waals surface area (Å²) in [6.45, 7) is 5.30. The Morgan fingerprint density at radius 1 is 1.03 bits per heavy atom. The van der Waals surface area contributed by atoms with Gasteiger partial charge in [0.05, 0.1) is 23.5 Å². The second-order valence-electron chi connectivity index (χ2n) is 8.54. The van der Waals surface area contributed by atoms with E-state index in [-0.39, 0.29) is 43.9 Å².